The number of amides is 2. The molecule has 0 bridgehead atoms. The van der Waals surface area contributed by atoms with Crippen LogP contribution in [0, 0.1) is 0 Å². The van der Waals surface area contributed by atoms with Crippen LogP contribution in [-0.4, -0.2) is 72.0 Å². The van der Waals surface area contributed by atoms with E-state index in [0.717, 1.165) is 25.4 Å². The maximum absolute atomic E-state index is 11.9. The Morgan fingerprint density at radius 2 is 1.97 bits per heavy atom. The van der Waals surface area contributed by atoms with Crippen LogP contribution in [0.1, 0.15) is 31.7 Å². The summed E-state index contributed by atoms with van der Waals surface area (Å²) in [7, 11) is -1.34. The highest BCUT2D eigenvalue weighted by Gasteiger charge is 2.11. The maximum Gasteiger partial charge on any atom is 0.407 e. The summed E-state index contributed by atoms with van der Waals surface area (Å²) in [5, 5.41) is 5.17. The molecule has 32 heavy (non-hydrogen) atoms. The van der Waals surface area contributed by atoms with Crippen LogP contribution in [0.3, 0.4) is 0 Å². The van der Waals surface area contributed by atoms with Gasteiger partial charge in [0.2, 0.25) is 5.91 Å². The molecule has 1 unspecified atom stereocenters. The van der Waals surface area contributed by atoms with Gasteiger partial charge in [0.25, 0.3) is 0 Å². The normalized spacial score (nSPS) is 15.3. The average molecular weight is 466 g/mol. The van der Waals surface area contributed by atoms with Crippen molar-refractivity contribution >= 4 is 22.8 Å². The number of ether oxygens (including phenoxy) is 2. The molecule has 1 atom stereocenters. The highest BCUT2D eigenvalue weighted by molar-refractivity contribution is 7.85. The lowest BCUT2D eigenvalue weighted by atomic mass is 10.1. The van der Waals surface area contributed by atoms with Gasteiger partial charge in [0.1, 0.15) is 18.1 Å². The number of nitrogens with zero attached hydrogens (tertiary/aromatic N) is 1. The molecule has 1 saturated heterocycles. The molecule has 1 aromatic rings. The van der Waals surface area contributed by atoms with Gasteiger partial charge in [0.05, 0.1) is 6.61 Å². The van der Waals surface area contributed by atoms with Gasteiger partial charge in [-0.25, -0.2) is 4.79 Å². The largest absolute Gasteiger partial charge is 0.490 e. The number of carbonyl (C=O) groups excluding carboxylic acids is 2. The SMILES string of the molecule is CCOC(=O)NCCS(=O)CC(=O)NCC=CCOc1cccc(CN2CCCCC2)c1. The van der Waals surface area contributed by atoms with E-state index in [1.165, 1.54) is 24.8 Å². The smallest absolute Gasteiger partial charge is 0.407 e. The van der Waals surface area contributed by atoms with E-state index in [-0.39, 0.29) is 30.6 Å². The third-order valence-corrected chi connectivity index (χ3v) is 6.09. The average Bonchev–Trinajstić information content (AvgIpc) is 2.77. The van der Waals surface area contributed by atoms with E-state index in [0.29, 0.717) is 13.2 Å². The molecule has 1 aromatic carbocycles. The monoisotopic (exact) mass is 465 g/mol. The van der Waals surface area contributed by atoms with Crippen LogP contribution in [0.2, 0.25) is 0 Å². The van der Waals surface area contributed by atoms with Crippen molar-refractivity contribution in [2.24, 2.45) is 0 Å². The maximum atomic E-state index is 11.9. The topological polar surface area (TPSA) is 97.0 Å². The van der Waals surface area contributed by atoms with Crippen molar-refractivity contribution < 1.29 is 23.3 Å². The first-order valence-corrected chi connectivity index (χ1v) is 12.7. The first-order chi connectivity index (χ1) is 15.6. The van der Waals surface area contributed by atoms with Gasteiger partial charge in [0.15, 0.2) is 0 Å². The van der Waals surface area contributed by atoms with Gasteiger partial charge in [-0.05, 0) is 56.6 Å². The highest BCUT2D eigenvalue weighted by Crippen LogP contribution is 2.17. The fraction of sp³-hybridized carbons (Fsp3) is 0.565. The lowest BCUT2D eigenvalue weighted by Gasteiger charge is -2.26. The number of hydrogen-bond donors (Lipinski definition) is 2. The van der Waals surface area contributed by atoms with Crippen LogP contribution in [0.5, 0.6) is 5.75 Å². The second-order valence-corrected chi connectivity index (χ2v) is 9.08. The summed E-state index contributed by atoms with van der Waals surface area (Å²) in [4.78, 5) is 25.4. The Kier molecular flexibility index (Phi) is 12.5. The van der Waals surface area contributed by atoms with Crippen molar-refractivity contribution in [1.29, 1.82) is 0 Å². The van der Waals surface area contributed by atoms with Crippen LogP contribution in [0.15, 0.2) is 36.4 Å². The van der Waals surface area contributed by atoms with Gasteiger partial charge >= 0.3 is 6.09 Å². The predicted molar refractivity (Wildman–Crippen MR) is 126 cm³/mol. The van der Waals surface area contributed by atoms with Crippen molar-refractivity contribution in [1.82, 2.24) is 15.5 Å². The third kappa shape index (κ3) is 11.3. The Hall–Kier alpha value is -2.39. The number of piperidine rings is 1. The van der Waals surface area contributed by atoms with Crippen molar-refractivity contribution in [2.45, 2.75) is 32.7 Å². The van der Waals surface area contributed by atoms with Gasteiger partial charge in [-0.15, -0.1) is 0 Å². The minimum absolute atomic E-state index is 0.0986. The summed E-state index contributed by atoms with van der Waals surface area (Å²) >= 11 is 0. The Bertz CT molecular complexity index is 766. The number of nitrogens with one attached hydrogen (secondary N) is 2. The Morgan fingerprint density at radius 3 is 2.75 bits per heavy atom. The Morgan fingerprint density at radius 1 is 1.16 bits per heavy atom. The Balaban J connectivity index is 1.57. The summed E-state index contributed by atoms with van der Waals surface area (Å²) < 4.78 is 22.3. The predicted octanol–water partition coefficient (Wildman–Crippen LogP) is 2.22. The third-order valence-electron chi connectivity index (χ3n) is 4.85. The standard InChI is InChI=1S/C23H35N3O5S/c1-2-30-23(28)25-12-16-32(29)19-22(27)24-11-4-7-15-31-21-10-8-9-20(17-21)18-26-13-5-3-6-14-26/h4,7-10,17H,2-3,5-6,11-16,18-19H2,1H3,(H,24,27)(H,25,28). The quantitative estimate of drug-likeness (QED) is 0.434. The van der Waals surface area contributed by atoms with Gasteiger partial charge in [-0.1, -0.05) is 24.6 Å². The van der Waals surface area contributed by atoms with E-state index in [4.69, 9.17) is 9.47 Å². The van der Waals surface area contributed by atoms with Gasteiger partial charge in [-0.2, -0.15) is 0 Å². The van der Waals surface area contributed by atoms with Crippen LogP contribution in [-0.2, 0) is 26.9 Å². The molecule has 9 heteroatoms. The minimum atomic E-state index is -1.34. The number of rotatable bonds is 13. The number of benzene rings is 1. The first-order valence-electron chi connectivity index (χ1n) is 11.2. The van der Waals surface area contributed by atoms with Crippen molar-refractivity contribution in [3.8, 4) is 5.75 Å². The number of likely N-dealkylation sites (tertiary alicyclic amines) is 1. The van der Waals surface area contributed by atoms with E-state index in [9.17, 15) is 13.8 Å². The summed E-state index contributed by atoms with van der Waals surface area (Å²) in [6, 6.07) is 8.17. The molecule has 1 aliphatic heterocycles. The molecule has 0 aliphatic carbocycles. The molecule has 2 amide bonds. The molecule has 178 valence electrons. The van der Waals surface area contributed by atoms with E-state index < -0.39 is 16.9 Å². The van der Waals surface area contributed by atoms with E-state index >= 15 is 0 Å². The molecule has 1 aliphatic rings. The molecule has 0 spiro atoms. The van der Waals surface area contributed by atoms with Crippen LogP contribution in [0.25, 0.3) is 0 Å². The lowest BCUT2D eigenvalue weighted by Crippen LogP contribution is -2.32. The summed E-state index contributed by atoms with van der Waals surface area (Å²) in [6.45, 7) is 6.23. The van der Waals surface area contributed by atoms with Crippen LogP contribution in [0.4, 0.5) is 4.79 Å². The van der Waals surface area contributed by atoms with E-state index in [1.807, 2.05) is 18.2 Å². The number of alkyl carbamates (subject to hydrolysis) is 1. The molecular formula is C23H35N3O5S. The highest BCUT2D eigenvalue weighted by atomic mass is 32.2. The van der Waals surface area contributed by atoms with Gasteiger partial charge < -0.3 is 20.1 Å². The zero-order valence-corrected chi connectivity index (χ0v) is 19.7. The number of hydrogen-bond acceptors (Lipinski definition) is 6. The molecular weight excluding hydrogens is 430 g/mol. The molecule has 0 saturated carbocycles. The molecule has 2 N–H and O–H groups in total. The van der Waals surface area contributed by atoms with Crippen molar-refractivity contribution in [2.75, 3.05) is 50.9 Å². The van der Waals surface area contributed by atoms with Gasteiger partial charge in [-0.3, -0.25) is 13.9 Å². The second-order valence-electron chi connectivity index (χ2n) is 7.51. The van der Waals surface area contributed by atoms with Crippen molar-refractivity contribution in [3.05, 3.63) is 42.0 Å². The fourth-order valence-corrected chi connectivity index (χ4v) is 4.16. The van der Waals surface area contributed by atoms with E-state index in [1.54, 1.807) is 13.0 Å². The molecule has 8 nitrogen and oxygen atoms in total. The number of carbonyl (C=O) groups is 2. The zero-order valence-electron chi connectivity index (χ0n) is 18.8. The molecule has 0 radical (unpaired) electrons. The summed E-state index contributed by atoms with van der Waals surface area (Å²) in [5.74, 6) is 0.640. The van der Waals surface area contributed by atoms with Crippen LogP contribution >= 0.6 is 0 Å². The molecule has 2 rings (SSSR count). The summed E-state index contributed by atoms with van der Waals surface area (Å²) in [5.41, 5.74) is 1.26. The Labute approximate surface area is 193 Å². The molecule has 0 aromatic heterocycles. The lowest BCUT2D eigenvalue weighted by molar-refractivity contribution is -0.118. The fourth-order valence-electron chi connectivity index (χ4n) is 3.30. The molecule has 1 heterocycles. The van der Waals surface area contributed by atoms with Crippen LogP contribution < -0.4 is 15.4 Å². The minimum Gasteiger partial charge on any atom is -0.490 e. The second kappa shape index (κ2) is 15.4. The van der Waals surface area contributed by atoms with E-state index in [2.05, 4.69) is 27.7 Å². The van der Waals surface area contributed by atoms with Gasteiger partial charge in [0, 0.05) is 36.2 Å². The first kappa shape index (κ1) is 25.9. The van der Waals surface area contributed by atoms with Crippen molar-refractivity contribution in [3.63, 3.8) is 0 Å². The zero-order chi connectivity index (χ0) is 23.0. The molecule has 1 fully saturated rings. The summed E-state index contributed by atoms with van der Waals surface area (Å²) in [6.07, 6.45) is 6.99.